The largest absolute Gasteiger partial charge is 0.410 e. The maximum atomic E-state index is 9.37. The molecule has 1 aromatic rings. The topological polar surface area (TPSA) is 82.8 Å². The van der Waals surface area contributed by atoms with Crippen LogP contribution >= 0.6 is 12.2 Å². The number of nitriles is 2. The molecule has 4 nitrogen and oxygen atoms in total. The van der Waals surface area contributed by atoms with Gasteiger partial charge >= 0.3 is 0 Å². The Morgan fingerprint density at radius 3 is 2.77 bits per heavy atom. The van der Waals surface area contributed by atoms with Gasteiger partial charge < -0.3 is 4.18 Å². The van der Waals surface area contributed by atoms with E-state index >= 15 is 0 Å². The highest BCUT2D eigenvalue weighted by Gasteiger charge is 2.53. The van der Waals surface area contributed by atoms with E-state index in [1.807, 2.05) is 6.07 Å². The van der Waals surface area contributed by atoms with Gasteiger partial charge in [0.1, 0.15) is 35.7 Å². The SMILES string of the molecule is CC12CCC3c4ccc(OSN)cc4CCC3C1CCC2=C(C#N)C#N. The zero-order valence-corrected chi connectivity index (χ0v) is 15.8. The molecule has 0 saturated heterocycles. The monoisotopic (exact) mass is 365 g/mol. The van der Waals surface area contributed by atoms with Gasteiger partial charge in [0.05, 0.1) is 0 Å². The van der Waals surface area contributed by atoms with Crippen molar-refractivity contribution in [2.75, 3.05) is 0 Å². The first-order valence-corrected chi connectivity index (χ1v) is 10.1. The molecule has 4 atom stereocenters. The predicted octanol–water partition coefficient (Wildman–Crippen LogP) is 4.79. The molecule has 2 N–H and O–H groups in total. The molecular formula is C21H23N3OS. The summed E-state index contributed by atoms with van der Waals surface area (Å²) < 4.78 is 5.39. The van der Waals surface area contributed by atoms with Gasteiger partial charge in [-0.25, -0.2) is 5.14 Å². The summed E-state index contributed by atoms with van der Waals surface area (Å²) in [6, 6.07) is 10.7. The number of hydrogen-bond donors (Lipinski definition) is 1. The third-order valence-corrected chi connectivity index (χ3v) is 7.44. The Morgan fingerprint density at radius 1 is 1.23 bits per heavy atom. The third-order valence-electron chi connectivity index (χ3n) is 7.15. The van der Waals surface area contributed by atoms with E-state index in [9.17, 15) is 10.5 Å². The first kappa shape index (κ1) is 17.5. The molecule has 0 aliphatic heterocycles. The van der Waals surface area contributed by atoms with Crippen molar-refractivity contribution in [3.8, 4) is 17.9 Å². The minimum Gasteiger partial charge on any atom is -0.410 e. The fourth-order valence-electron chi connectivity index (χ4n) is 6.05. The van der Waals surface area contributed by atoms with Crippen molar-refractivity contribution in [2.24, 2.45) is 22.4 Å². The number of fused-ring (bicyclic) bond motifs is 5. The summed E-state index contributed by atoms with van der Waals surface area (Å²) in [7, 11) is 0. The Morgan fingerprint density at radius 2 is 2.04 bits per heavy atom. The minimum absolute atomic E-state index is 0.0265. The standard InChI is InChI=1S/C21H23N3OS/c1-21-9-8-17-16-5-3-15(25-26-24)10-13(16)2-4-18(17)20(21)7-6-19(21)14(11-22)12-23/h3,5,10,17-18,20H,2,4,6-9,24H2,1H3. The Balaban J connectivity index is 1.67. The van der Waals surface area contributed by atoms with E-state index in [-0.39, 0.29) is 5.41 Å². The smallest absolute Gasteiger partial charge is 0.140 e. The van der Waals surface area contributed by atoms with Crippen molar-refractivity contribution < 1.29 is 4.18 Å². The molecule has 134 valence electrons. The summed E-state index contributed by atoms with van der Waals surface area (Å²) in [5, 5.41) is 24.2. The summed E-state index contributed by atoms with van der Waals surface area (Å²) in [5.74, 6) is 2.64. The third kappa shape index (κ3) is 2.54. The van der Waals surface area contributed by atoms with Gasteiger partial charge in [-0.1, -0.05) is 13.0 Å². The number of benzene rings is 1. The lowest BCUT2D eigenvalue weighted by Gasteiger charge is -2.49. The van der Waals surface area contributed by atoms with E-state index in [1.54, 1.807) is 0 Å². The summed E-state index contributed by atoms with van der Waals surface area (Å²) in [5.41, 5.74) is 4.38. The van der Waals surface area contributed by atoms with Crippen molar-refractivity contribution in [1.82, 2.24) is 0 Å². The van der Waals surface area contributed by atoms with Crippen LogP contribution in [0.5, 0.6) is 5.75 Å². The van der Waals surface area contributed by atoms with E-state index in [0.717, 1.165) is 55.7 Å². The second kappa shape index (κ2) is 6.65. The summed E-state index contributed by atoms with van der Waals surface area (Å²) >= 11 is 0.890. The van der Waals surface area contributed by atoms with Gasteiger partial charge in [-0.3, -0.25) is 0 Å². The second-order valence-corrected chi connectivity index (χ2v) is 8.39. The maximum Gasteiger partial charge on any atom is 0.140 e. The second-order valence-electron chi connectivity index (χ2n) is 8.03. The van der Waals surface area contributed by atoms with Crippen LogP contribution in [-0.2, 0) is 6.42 Å². The number of hydrogen-bond acceptors (Lipinski definition) is 5. The number of rotatable bonds is 2. The van der Waals surface area contributed by atoms with Crippen molar-refractivity contribution >= 4 is 12.2 Å². The molecule has 3 aliphatic carbocycles. The van der Waals surface area contributed by atoms with Gasteiger partial charge in [-0.05, 0) is 90.5 Å². The molecule has 2 fully saturated rings. The van der Waals surface area contributed by atoms with Gasteiger partial charge in [-0.2, -0.15) is 10.5 Å². The molecule has 0 amide bonds. The molecule has 4 rings (SSSR count). The zero-order chi connectivity index (χ0) is 18.3. The Hall–Kier alpha value is -1.95. The quantitative estimate of drug-likeness (QED) is 0.463. The average Bonchev–Trinajstić information content (AvgIpc) is 3.00. The lowest BCUT2D eigenvalue weighted by atomic mass is 9.55. The molecule has 3 aliphatic rings. The highest BCUT2D eigenvalue weighted by molar-refractivity contribution is 7.92. The fourth-order valence-corrected chi connectivity index (χ4v) is 6.26. The van der Waals surface area contributed by atoms with Gasteiger partial charge in [0.25, 0.3) is 0 Å². The minimum atomic E-state index is 0.0265. The number of aryl methyl sites for hydroxylation is 1. The highest BCUT2D eigenvalue weighted by atomic mass is 32.2. The van der Waals surface area contributed by atoms with E-state index in [2.05, 4.69) is 31.2 Å². The molecule has 0 heterocycles. The first-order valence-electron chi connectivity index (χ1n) is 9.32. The maximum absolute atomic E-state index is 9.37. The van der Waals surface area contributed by atoms with Crippen LogP contribution in [0.15, 0.2) is 29.3 Å². The molecule has 5 heteroatoms. The van der Waals surface area contributed by atoms with Crippen LogP contribution in [0.1, 0.15) is 56.1 Å². The number of allylic oxidation sites excluding steroid dienone is 2. The molecule has 4 unspecified atom stereocenters. The summed E-state index contributed by atoms with van der Waals surface area (Å²) in [6.07, 6.45) is 6.46. The van der Waals surface area contributed by atoms with Crippen molar-refractivity contribution in [3.63, 3.8) is 0 Å². The van der Waals surface area contributed by atoms with Crippen LogP contribution in [0, 0.1) is 39.9 Å². The first-order chi connectivity index (χ1) is 12.6. The summed E-state index contributed by atoms with van der Waals surface area (Å²) in [6.45, 7) is 2.30. The van der Waals surface area contributed by atoms with Gasteiger partial charge in [0, 0.05) is 0 Å². The van der Waals surface area contributed by atoms with E-state index in [4.69, 9.17) is 9.32 Å². The molecular weight excluding hydrogens is 342 g/mol. The van der Waals surface area contributed by atoms with Crippen molar-refractivity contribution in [2.45, 2.75) is 51.4 Å². The van der Waals surface area contributed by atoms with Crippen molar-refractivity contribution in [3.05, 3.63) is 40.5 Å². The highest BCUT2D eigenvalue weighted by Crippen LogP contribution is 2.63. The van der Waals surface area contributed by atoms with Gasteiger partial charge in [-0.15, -0.1) is 0 Å². The van der Waals surface area contributed by atoms with E-state index in [1.165, 1.54) is 17.5 Å². The molecule has 0 aromatic heterocycles. The normalized spacial score (nSPS) is 31.8. The average molecular weight is 366 g/mol. The zero-order valence-electron chi connectivity index (χ0n) is 15.0. The predicted molar refractivity (Wildman–Crippen MR) is 102 cm³/mol. The van der Waals surface area contributed by atoms with Crippen LogP contribution in [0.4, 0.5) is 0 Å². The number of nitrogens with two attached hydrogens (primary N) is 1. The summed E-state index contributed by atoms with van der Waals surface area (Å²) in [4.78, 5) is 0. The van der Waals surface area contributed by atoms with Crippen molar-refractivity contribution in [1.29, 1.82) is 10.5 Å². The van der Waals surface area contributed by atoms with Crippen LogP contribution in [0.3, 0.4) is 0 Å². The van der Waals surface area contributed by atoms with E-state index < -0.39 is 0 Å². The molecule has 0 radical (unpaired) electrons. The lowest BCUT2D eigenvalue weighted by Crippen LogP contribution is -2.40. The molecule has 0 bridgehead atoms. The van der Waals surface area contributed by atoms with Gasteiger partial charge in [0.15, 0.2) is 0 Å². The van der Waals surface area contributed by atoms with Crippen LogP contribution in [-0.4, -0.2) is 0 Å². The lowest BCUT2D eigenvalue weighted by molar-refractivity contribution is 0.0812. The van der Waals surface area contributed by atoms with Crippen LogP contribution < -0.4 is 9.32 Å². The Kier molecular flexibility index (Phi) is 4.47. The molecule has 0 spiro atoms. The van der Waals surface area contributed by atoms with E-state index in [0.29, 0.717) is 23.3 Å². The fraction of sp³-hybridized carbons (Fsp3) is 0.524. The molecule has 2 saturated carbocycles. The Bertz CT molecular complexity index is 834. The van der Waals surface area contributed by atoms with Gasteiger partial charge in [0.2, 0.25) is 0 Å². The number of nitrogens with zero attached hydrogens (tertiary/aromatic N) is 2. The molecule has 26 heavy (non-hydrogen) atoms. The molecule has 1 aromatic carbocycles. The van der Waals surface area contributed by atoms with Crippen LogP contribution in [0.25, 0.3) is 0 Å². The Labute approximate surface area is 159 Å². The van der Waals surface area contributed by atoms with Crippen LogP contribution in [0.2, 0.25) is 0 Å².